The van der Waals surface area contributed by atoms with Crippen molar-refractivity contribution in [1.29, 1.82) is 0 Å². The summed E-state index contributed by atoms with van der Waals surface area (Å²) in [5, 5.41) is 0. The average Bonchev–Trinajstić information content (AvgIpc) is 3.89. The van der Waals surface area contributed by atoms with E-state index in [-0.39, 0.29) is 11.8 Å². The molecule has 4 atom stereocenters. The van der Waals surface area contributed by atoms with Crippen LogP contribution in [-0.2, 0) is 10.8 Å². The topological polar surface area (TPSA) is 25.8 Å². The van der Waals surface area contributed by atoms with Crippen LogP contribution in [0.1, 0.15) is 47.3 Å². The number of hydrogen-bond donors (Lipinski definition) is 0. The lowest BCUT2D eigenvalue weighted by atomic mass is 9.43. The van der Waals surface area contributed by atoms with Crippen LogP contribution in [0.4, 0.5) is 0 Å². The summed E-state index contributed by atoms with van der Waals surface area (Å²) in [7, 11) is 0. The molecule has 2 nitrogen and oxygen atoms in total. The zero-order valence-electron chi connectivity index (χ0n) is 35.0. The second kappa shape index (κ2) is 13.8. The quantitative estimate of drug-likeness (QED) is 0.177. The summed E-state index contributed by atoms with van der Waals surface area (Å²) in [6.07, 6.45) is 29.1. The first kappa shape index (κ1) is 36.3. The Morgan fingerprint density at radius 1 is 0.540 bits per heavy atom. The molecular weight excluding hydrogens is 761 g/mol. The molecule has 0 N–H and O–H groups in total. The van der Waals surface area contributed by atoms with Gasteiger partial charge in [0.1, 0.15) is 0 Å². The molecule has 63 heavy (non-hydrogen) atoms. The van der Waals surface area contributed by atoms with E-state index in [1.807, 2.05) is 0 Å². The zero-order chi connectivity index (χ0) is 41.7. The van der Waals surface area contributed by atoms with Crippen molar-refractivity contribution in [3.8, 4) is 33.6 Å². The maximum Gasteiger partial charge on any atom is 0.156 e. The molecule has 7 aliphatic rings. The smallest absolute Gasteiger partial charge is 0.156 e. The second-order valence-corrected chi connectivity index (χ2v) is 17.8. The van der Waals surface area contributed by atoms with Crippen LogP contribution in [0, 0.1) is 11.8 Å². The Morgan fingerprint density at radius 2 is 1.21 bits per heavy atom. The highest BCUT2D eigenvalue weighted by Crippen LogP contribution is 2.73. The van der Waals surface area contributed by atoms with Crippen molar-refractivity contribution >= 4 is 11.1 Å². The Labute approximate surface area is 369 Å². The maximum absolute atomic E-state index is 5.72. The SMILES string of the molecule is C=C1C=CC2=C1C1=C(C=CCC=C1)C21c2ccccc2C2(C3=C(C=CCC3)c3ccccc32)C2C=CC=C(c3nc(-c4ccccc4)cc(-c4cccc(-c5ccccc5)c4)n3)C21. The summed E-state index contributed by atoms with van der Waals surface area (Å²) < 4.78 is 0. The van der Waals surface area contributed by atoms with Crippen molar-refractivity contribution in [2.75, 3.05) is 0 Å². The number of aromatic nitrogens is 2. The van der Waals surface area contributed by atoms with E-state index in [1.54, 1.807) is 0 Å². The van der Waals surface area contributed by atoms with Crippen molar-refractivity contribution in [2.24, 2.45) is 11.8 Å². The molecule has 2 heteroatoms. The van der Waals surface area contributed by atoms with E-state index in [4.69, 9.17) is 16.5 Å². The van der Waals surface area contributed by atoms with Crippen molar-refractivity contribution in [3.63, 3.8) is 0 Å². The summed E-state index contributed by atoms with van der Waals surface area (Å²) >= 11 is 0. The Kier molecular flexibility index (Phi) is 7.94. The number of allylic oxidation sites excluding steroid dienone is 19. The van der Waals surface area contributed by atoms with E-state index in [9.17, 15) is 0 Å². The van der Waals surface area contributed by atoms with E-state index in [0.29, 0.717) is 0 Å². The minimum atomic E-state index is -0.558. The minimum Gasteiger partial charge on any atom is -0.228 e. The highest BCUT2D eigenvalue weighted by atomic mass is 14.9. The number of benzene rings is 5. The van der Waals surface area contributed by atoms with Crippen molar-refractivity contribution in [1.82, 2.24) is 9.97 Å². The summed E-state index contributed by atoms with van der Waals surface area (Å²) in [6, 6.07) is 51.0. The molecule has 0 bridgehead atoms. The molecular formula is C61H44N2. The van der Waals surface area contributed by atoms with Crippen LogP contribution in [0.5, 0.6) is 0 Å². The van der Waals surface area contributed by atoms with Gasteiger partial charge in [0.05, 0.1) is 16.8 Å². The Hall–Kier alpha value is -7.42. The number of fused-ring (bicyclic) bond motifs is 13. The Morgan fingerprint density at radius 3 is 2.03 bits per heavy atom. The van der Waals surface area contributed by atoms with E-state index < -0.39 is 10.8 Å². The monoisotopic (exact) mass is 804 g/mol. The molecule has 0 fully saturated rings. The van der Waals surface area contributed by atoms with Gasteiger partial charge in [-0.25, -0.2) is 9.97 Å². The van der Waals surface area contributed by atoms with Crippen LogP contribution in [0.2, 0.25) is 0 Å². The minimum absolute atomic E-state index is 0.0323. The highest BCUT2D eigenvalue weighted by molar-refractivity contribution is 5.93. The van der Waals surface area contributed by atoms with Gasteiger partial charge in [-0.3, -0.25) is 0 Å². The van der Waals surface area contributed by atoms with E-state index in [1.165, 1.54) is 66.8 Å². The van der Waals surface area contributed by atoms with Gasteiger partial charge in [-0.05, 0) is 104 Å². The molecule has 0 aliphatic heterocycles. The summed E-state index contributed by atoms with van der Waals surface area (Å²) in [6.45, 7) is 4.70. The Bertz CT molecular complexity index is 3270. The van der Waals surface area contributed by atoms with E-state index in [2.05, 4.69) is 206 Å². The van der Waals surface area contributed by atoms with Crippen LogP contribution >= 0.6 is 0 Å². The predicted octanol–water partition coefficient (Wildman–Crippen LogP) is 14.3. The molecule has 0 radical (unpaired) electrons. The van der Waals surface area contributed by atoms with Crippen LogP contribution in [0.25, 0.3) is 44.8 Å². The van der Waals surface area contributed by atoms with Gasteiger partial charge in [0.15, 0.2) is 5.82 Å². The van der Waals surface area contributed by atoms with Gasteiger partial charge < -0.3 is 0 Å². The lowest BCUT2D eigenvalue weighted by molar-refractivity contribution is 0.252. The van der Waals surface area contributed by atoms with Crippen molar-refractivity contribution in [2.45, 2.75) is 30.1 Å². The van der Waals surface area contributed by atoms with Gasteiger partial charge in [0.25, 0.3) is 0 Å². The fourth-order valence-electron chi connectivity index (χ4n) is 12.7. The van der Waals surface area contributed by atoms with Crippen LogP contribution in [0.15, 0.2) is 246 Å². The van der Waals surface area contributed by atoms with Gasteiger partial charge in [-0.1, -0.05) is 201 Å². The molecule has 0 amide bonds. The third-order valence-corrected chi connectivity index (χ3v) is 14.9. The first-order valence-electron chi connectivity index (χ1n) is 22.5. The van der Waals surface area contributed by atoms with Gasteiger partial charge in [-0.2, -0.15) is 0 Å². The zero-order valence-corrected chi connectivity index (χ0v) is 35.0. The second-order valence-electron chi connectivity index (χ2n) is 17.8. The average molecular weight is 805 g/mol. The molecule has 0 saturated carbocycles. The first-order valence-corrected chi connectivity index (χ1v) is 22.5. The molecule has 13 rings (SSSR count). The van der Waals surface area contributed by atoms with Gasteiger partial charge in [0.2, 0.25) is 0 Å². The van der Waals surface area contributed by atoms with Gasteiger partial charge >= 0.3 is 0 Å². The molecule has 298 valence electrons. The highest BCUT2D eigenvalue weighted by Gasteiger charge is 2.67. The summed E-state index contributed by atoms with van der Waals surface area (Å²) in [5.41, 5.74) is 21.3. The molecule has 1 heterocycles. The third-order valence-electron chi connectivity index (χ3n) is 14.9. The molecule has 0 saturated heterocycles. The largest absolute Gasteiger partial charge is 0.228 e. The van der Waals surface area contributed by atoms with Crippen molar-refractivity contribution in [3.05, 3.63) is 274 Å². The standard InChI is InChI=1S/C61H44N2/c1-39-35-36-53-57(39)46-27-9-4-10-29-50(46)61(53)52-33-16-15-32-51(52)60(48-30-13-11-25-44(48)45-26-12-14-31-49(45)60)54-34-18-28-47(58(54)61)59-62-55(41-21-7-3-8-22-41)38-56(63-59)43-24-17-23-42(37-43)40-19-5-2-6-20-40/h2-3,5-13,15-30,32-38,54,58H,1,4,14,31H2. The maximum atomic E-state index is 5.72. The lowest BCUT2D eigenvalue weighted by Crippen LogP contribution is -2.55. The molecule has 2 spiro atoms. The predicted molar refractivity (Wildman–Crippen MR) is 258 cm³/mol. The fourth-order valence-corrected chi connectivity index (χ4v) is 12.7. The normalized spacial score (nSPS) is 24.4. The molecule has 4 unspecified atom stereocenters. The lowest BCUT2D eigenvalue weighted by Gasteiger charge is -2.58. The van der Waals surface area contributed by atoms with E-state index in [0.717, 1.165) is 58.7 Å². The number of rotatable bonds is 4. The van der Waals surface area contributed by atoms with Crippen LogP contribution < -0.4 is 0 Å². The van der Waals surface area contributed by atoms with E-state index >= 15 is 0 Å². The van der Waals surface area contributed by atoms with Crippen LogP contribution in [0.3, 0.4) is 0 Å². The number of nitrogens with zero attached hydrogens (tertiary/aromatic N) is 2. The summed E-state index contributed by atoms with van der Waals surface area (Å²) in [4.78, 5) is 11.4. The van der Waals surface area contributed by atoms with Gasteiger partial charge in [0, 0.05) is 34.0 Å². The van der Waals surface area contributed by atoms with Gasteiger partial charge in [-0.15, -0.1) is 0 Å². The van der Waals surface area contributed by atoms with Crippen LogP contribution in [-0.4, -0.2) is 9.97 Å². The Balaban J connectivity index is 1.13. The molecule has 5 aromatic carbocycles. The molecule has 6 aromatic rings. The number of hydrogen-bond acceptors (Lipinski definition) is 2. The molecule has 1 aromatic heterocycles. The third kappa shape index (κ3) is 4.95. The first-order chi connectivity index (χ1) is 31.2. The van der Waals surface area contributed by atoms with Crippen molar-refractivity contribution < 1.29 is 0 Å². The molecule has 7 aliphatic carbocycles. The summed E-state index contributed by atoms with van der Waals surface area (Å²) in [5.74, 6) is 0.728. The fraction of sp³-hybridized carbons (Fsp3) is 0.115.